The molecular weight excluding hydrogens is 140 g/mol. The van der Waals surface area contributed by atoms with Crippen LogP contribution in [0.4, 0.5) is 0 Å². The highest BCUT2D eigenvalue weighted by Crippen LogP contribution is 2.20. The molecule has 2 atom stereocenters. The van der Waals surface area contributed by atoms with Gasteiger partial charge in [0.15, 0.2) is 0 Å². The smallest absolute Gasteiger partial charge is 0.100 e. The minimum absolute atomic E-state index is 0.164. The largest absolute Gasteiger partial charge is 0.499 e. The number of hydrogen-bond acceptors (Lipinski definition) is 2. The molecule has 0 bridgehead atoms. The van der Waals surface area contributed by atoms with Crippen LogP contribution in [0, 0.1) is 0 Å². The number of hydrogen-bond donors (Lipinski definition) is 1. The molecule has 0 radical (unpaired) electrons. The van der Waals surface area contributed by atoms with Gasteiger partial charge < -0.3 is 9.84 Å². The predicted octanol–water partition coefficient (Wildman–Crippen LogP) is 1.84. The molecular formula is C9H16O2. The lowest BCUT2D eigenvalue weighted by atomic mass is 10.1. The molecule has 64 valence electrons. The first kappa shape index (κ1) is 8.60. The highest BCUT2D eigenvalue weighted by atomic mass is 16.5. The summed E-state index contributed by atoms with van der Waals surface area (Å²) in [5, 5.41) is 9.37. The molecule has 0 aromatic carbocycles. The van der Waals surface area contributed by atoms with Crippen molar-refractivity contribution >= 4 is 0 Å². The normalized spacial score (nSPS) is 32.5. The van der Waals surface area contributed by atoms with Gasteiger partial charge in [-0.05, 0) is 19.3 Å². The van der Waals surface area contributed by atoms with Gasteiger partial charge in [0.2, 0.25) is 0 Å². The van der Waals surface area contributed by atoms with Crippen LogP contribution >= 0.6 is 0 Å². The van der Waals surface area contributed by atoms with Crippen LogP contribution < -0.4 is 0 Å². The number of ether oxygens (including phenoxy) is 1. The Balaban J connectivity index is 2.32. The minimum atomic E-state index is -0.164. The molecule has 2 nitrogen and oxygen atoms in total. The lowest BCUT2D eigenvalue weighted by Crippen LogP contribution is -2.15. The molecule has 1 aliphatic carbocycles. The van der Waals surface area contributed by atoms with Crippen molar-refractivity contribution in [3.05, 3.63) is 12.8 Å². The molecule has 1 fully saturated rings. The SMILES string of the molecule is C=COC1CCCCC(O)C1. The van der Waals surface area contributed by atoms with Gasteiger partial charge in [0.05, 0.1) is 12.4 Å². The first-order valence-corrected chi connectivity index (χ1v) is 4.27. The van der Waals surface area contributed by atoms with E-state index in [0.29, 0.717) is 0 Å². The molecule has 0 spiro atoms. The zero-order valence-corrected chi connectivity index (χ0v) is 6.83. The maximum Gasteiger partial charge on any atom is 0.100 e. The Labute approximate surface area is 67.9 Å². The average molecular weight is 156 g/mol. The van der Waals surface area contributed by atoms with E-state index < -0.39 is 0 Å². The van der Waals surface area contributed by atoms with E-state index in [1.54, 1.807) is 0 Å². The molecule has 2 heteroatoms. The fourth-order valence-corrected chi connectivity index (χ4v) is 1.55. The van der Waals surface area contributed by atoms with Crippen LogP contribution in [-0.4, -0.2) is 17.3 Å². The zero-order valence-electron chi connectivity index (χ0n) is 6.83. The van der Waals surface area contributed by atoms with Gasteiger partial charge in [0, 0.05) is 6.42 Å². The standard InChI is InChI=1S/C9H16O2/c1-2-11-9-6-4-3-5-8(10)7-9/h2,8-10H,1,3-7H2. The van der Waals surface area contributed by atoms with Crippen molar-refractivity contribution in [1.82, 2.24) is 0 Å². The highest BCUT2D eigenvalue weighted by Gasteiger charge is 2.17. The molecule has 11 heavy (non-hydrogen) atoms. The van der Waals surface area contributed by atoms with Gasteiger partial charge in [0.25, 0.3) is 0 Å². The van der Waals surface area contributed by atoms with Gasteiger partial charge in [-0.1, -0.05) is 13.0 Å². The molecule has 1 aliphatic rings. The van der Waals surface area contributed by atoms with Gasteiger partial charge in [-0.3, -0.25) is 0 Å². The summed E-state index contributed by atoms with van der Waals surface area (Å²) < 4.78 is 5.24. The fraction of sp³-hybridized carbons (Fsp3) is 0.778. The third-order valence-electron chi connectivity index (χ3n) is 2.14. The van der Waals surface area contributed by atoms with Crippen LogP contribution in [0.2, 0.25) is 0 Å². The average Bonchev–Trinajstić information content (AvgIpc) is 2.15. The summed E-state index contributed by atoms with van der Waals surface area (Å²) in [7, 11) is 0. The molecule has 0 amide bonds. The van der Waals surface area contributed by atoms with Gasteiger partial charge in [-0.2, -0.15) is 0 Å². The lowest BCUT2D eigenvalue weighted by Gasteiger charge is -2.15. The van der Waals surface area contributed by atoms with Crippen molar-refractivity contribution in [3.63, 3.8) is 0 Å². The summed E-state index contributed by atoms with van der Waals surface area (Å²) in [5.41, 5.74) is 0. The molecule has 1 saturated carbocycles. The van der Waals surface area contributed by atoms with Crippen molar-refractivity contribution in [3.8, 4) is 0 Å². The van der Waals surface area contributed by atoms with Gasteiger partial charge in [-0.25, -0.2) is 0 Å². The third-order valence-corrected chi connectivity index (χ3v) is 2.14. The molecule has 2 unspecified atom stereocenters. The lowest BCUT2D eigenvalue weighted by molar-refractivity contribution is 0.0724. The van der Waals surface area contributed by atoms with E-state index in [9.17, 15) is 5.11 Å². The first-order valence-electron chi connectivity index (χ1n) is 4.27. The van der Waals surface area contributed by atoms with E-state index in [-0.39, 0.29) is 12.2 Å². The molecule has 1 rings (SSSR count). The van der Waals surface area contributed by atoms with Gasteiger partial charge in [-0.15, -0.1) is 0 Å². The van der Waals surface area contributed by atoms with Crippen molar-refractivity contribution in [2.45, 2.75) is 44.3 Å². The monoisotopic (exact) mass is 156 g/mol. The summed E-state index contributed by atoms with van der Waals surface area (Å²) in [6, 6.07) is 0. The molecule has 0 aromatic rings. The highest BCUT2D eigenvalue weighted by molar-refractivity contribution is 4.72. The summed E-state index contributed by atoms with van der Waals surface area (Å²) in [6.07, 6.45) is 6.55. The Hall–Kier alpha value is -0.500. The van der Waals surface area contributed by atoms with E-state index in [1.165, 1.54) is 6.26 Å². The summed E-state index contributed by atoms with van der Waals surface area (Å²) in [6.45, 7) is 3.51. The van der Waals surface area contributed by atoms with E-state index in [4.69, 9.17) is 4.74 Å². The van der Waals surface area contributed by atoms with Crippen LogP contribution in [0.3, 0.4) is 0 Å². The summed E-state index contributed by atoms with van der Waals surface area (Å²) in [4.78, 5) is 0. The third kappa shape index (κ3) is 2.93. The number of rotatable bonds is 2. The van der Waals surface area contributed by atoms with Crippen molar-refractivity contribution < 1.29 is 9.84 Å². The van der Waals surface area contributed by atoms with Crippen molar-refractivity contribution in [2.24, 2.45) is 0 Å². The first-order chi connectivity index (χ1) is 5.33. The maximum atomic E-state index is 9.37. The van der Waals surface area contributed by atoms with Crippen LogP contribution in [0.25, 0.3) is 0 Å². The zero-order chi connectivity index (χ0) is 8.10. The second-order valence-electron chi connectivity index (χ2n) is 3.10. The minimum Gasteiger partial charge on any atom is -0.499 e. The van der Waals surface area contributed by atoms with Crippen LogP contribution in [0.15, 0.2) is 12.8 Å². The summed E-state index contributed by atoms with van der Waals surface area (Å²) >= 11 is 0. The molecule has 0 aliphatic heterocycles. The van der Waals surface area contributed by atoms with Crippen LogP contribution in [-0.2, 0) is 4.74 Å². The van der Waals surface area contributed by atoms with E-state index in [2.05, 4.69) is 6.58 Å². The summed E-state index contributed by atoms with van der Waals surface area (Å²) in [5.74, 6) is 0. The van der Waals surface area contributed by atoms with Crippen LogP contribution in [0.1, 0.15) is 32.1 Å². The topological polar surface area (TPSA) is 29.5 Å². The molecule has 0 heterocycles. The molecule has 1 N–H and O–H groups in total. The molecule has 0 aromatic heterocycles. The predicted molar refractivity (Wildman–Crippen MR) is 44.2 cm³/mol. The fourth-order valence-electron chi connectivity index (χ4n) is 1.55. The Morgan fingerprint density at radius 1 is 1.36 bits per heavy atom. The second-order valence-corrected chi connectivity index (χ2v) is 3.10. The number of aliphatic hydroxyl groups excluding tert-OH is 1. The Bertz CT molecular complexity index is 123. The van der Waals surface area contributed by atoms with E-state index in [1.807, 2.05) is 0 Å². The second kappa shape index (κ2) is 4.39. The quantitative estimate of drug-likeness (QED) is 0.488. The van der Waals surface area contributed by atoms with Gasteiger partial charge >= 0.3 is 0 Å². The Kier molecular flexibility index (Phi) is 3.43. The van der Waals surface area contributed by atoms with Crippen molar-refractivity contribution in [2.75, 3.05) is 0 Å². The van der Waals surface area contributed by atoms with E-state index >= 15 is 0 Å². The number of aliphatic hydroxyl groups is 1. The Morgan fingerprint density at radius 3 is 2.82 bits per heavy atom. The van der Waals surface area contributed by atoms with Crippen molar-refractivity contribution in [1.29, 1.82) is 0 Å². The Morgan fingerprint density at radius 2 is 2.09 bits per heavy atom. The maximum absolute atomic E-state index is 9.37. The molecule has 0 saturated heterocycles. The van der Waals surface area contributed by atoms with E-state index in [0.717, 1.165) is 32.1 Å². The van der Waals surface area contributed by atoms with Gasteiger partial charge in [0.1, 0.15) is 6.10 Å². The van der Waals surface area contributed by atoms with Crippen LogP contribution in [0.5, 0.6) is 0 Å².